The predicted molar refractivity (Wildman–Crippen MR) is 92.5 cm³/mol. The van der Waals surface area contributed by atoms with E-state index < -0.39 is 0 Å². The number of amides is 1. The van der Waals surface area contributed by atoms with Crippen LogP contribution in [0, 0.1) is 0 Å². The number of carbonyl (C=O) groups excluding carboxylic acids is 1. The molecule has 3 rings (SSSR count). The third-order valence-corrected chi connectivity index (χ3v) is 3.89. The van der Waals surface area contributed by atoms with E-state index in [0.717, 1.165) is 30.8 Å². The molecule has 116 valence electrons. The fourth-order valence-corrected chi connectivity index (χ4v) is 2.74. The lowest BCUT2D eigenvalue weighted by Gasteiger charge is -2.32. The van der Waals surface area contributed by atoms with E-state index in [-0.39, 0.29) is 18.3 Å². The third-order valence-electron chi connectivity index (χ3n) is 3.89. The Morgan fingerprint density at radius 2 is 1.68 bits per heavy atom. The Hall–Kier alpha value is -1.84. The maximum absolute atomic E-state index is 12.5. The summed E-state index contributed by atoms with van der Waals surface area (Å²) in [6.45, 7) is 4.54. The second-order valence-corrected chi connectivity index (χ2v) is 5.55. The van der Waals surface area contributed by atoms with Crippen molar-refractivity contribution in [2.45, 2.75) is 13.0 Å². The highest BCUT2D eigenvalue weighted by molar-refractivity contribution is 5.94. The first-order chi connectivity index (χ1) is 10.2. The van der Waals surface area contributed by atoms with Gasteiger partial charge in [-0.05, 0) is 30.2 Å². The van der Waals surface area contributed by atoms with Crippen LogP contribution in [0.15, 0.2) is 54.6 Å². The van der Waals surface area contributed by atoms with E-state index in [1.807, 2.05) is 47.4 Å². The van der Waals surface area contributed by atoms with Gasteiger partial charge in [-0.1, -0.05) is 42.5 Å². The lowest BCUT2D eigenvalue weighted by molar-refractivity contribution is 0.0709. The van der Waals surface area contributed by atoms with Crippen LogP contribution >= 0.6 is 12.4 Å². The van der Waals surface area contributed by atoms with Crippen molar-refractivity contribution < 1.29 is 4.79 Å². The summed E-state index contributed by atoms with van der Waals surface area (Å²) in [5.41, 5.74) is 3.08. The van der Waals surface area contributed by atoms with Crippen LogP contribution in [0.1, 0.15) is 17.3 Å². The van der Waals surface area contributed by atoms with Gasteiger partial charge >= 0.3 is 0 Å². The summed E-state index contributed by atoms with van der Waals surface area (Å²) in [5, 5.41) is 3.35. The van der Waals surface area contributed by atoms with E-state index in [0.29, 0.717) is 6.04 Å². The van der Waals surface area contributed by atoms with Gasteiger partial charge in [-0.15, -0.1) is 12.4 Å². The predicted octanol–water partition coefficient (Wildman–Crippen LogP) is 3.21. The van der Waals surface area contributed by atoms with Gasteiger partial charge in [0.05, 0.1) is 0 Å². The average molecular weight is 317 g/mol. The van der Waals surface area contributed by atoms with Crippen molar-refractivity contribution in [3.05, 3.63) is 60.2 Å². The number of rotatable bonds is 2. The molecule has 1 atom stereocenters. The van der Waals surface area contributed by atoms with Crippen molar-refractivity contribution in [1.29, 1.82) is 0 Å². The number of hydrogen-bond acceptors (Lipinski definition) is 2. The summed E-state index contributed by atoms with van der Waals surface area (Å²) in [4.78, 5) is 14.4. The molecule has 0 spiro atoms. The zero-order valence-corrected chi connectivity index (χ0v) is 13.5. The SMILES string of the molecule is CC1CN(C(=O)c2ccc(-c3ccccc3)cc2)CCN1.Cl. The molecule has 1 aliphatic rings. The second-order valence-electron chi connectivity index (χ2n) is 5.55. The van der Waals surface area contributed by atoms with E-state index in [9.17, 15) is 4.79 Å². The van der Waals surface area contributed by atoms with Crippen molar-refractivity contribution in [2.24, 2.45) is 0 Å². The molecule has 22 heavy (non-hydrogen) atoms. The first kappa shape index (κ1) is 16.5. The molecular weight excluding hydrogens is 296 g/mol. The number of halogens is 1. The number of nitrogens with zero attached hydrogens (tertiary/aromatic N) is 1. The Morgan fingerprint density at radius 1 is 1.05 bits per heavy atom. The Morgan fingerprint density at radius 3 is 2.32 bits per heavy atom. The van der Waals surface area contributed by atoms with Crippen molar-refractivity contribution in [3.63, 3.8) is 0 Å². The Balaban J connectivity index is 0.00000176. The first-order valence-electron chi connectivity index (χ1n) is 7.42. The van der Waals surface area contributed by atoms with Crippen LogP contribution in [0.25, 0.3) is 11.1 Å². The highest BCUT2D eigenvalue weighted by Crippen LogP contribution is 2.20. The summed E-state index contributed by atoms with van der Waals surface area (Å²) in [7, 11) is 0. The molecule has 0 bridgehead atoms. The second kappa shape index (κ2) is 7.43. The van der Waals surface area contributed by atoms with E-state index in [4.69, 9.17) is 0 Å². The van der Waals surface area contributed by atoms with E-state index >= 15 is 0 Å². The number of hydrogen-bond donors (Lipinski definition) is 1. The van der Waals surface area contributed by atoms with E-state index in [1.165, 1.54) is 5.56 Å². The van der Waals surface area contributed by atoms with Crippen LogP contribution < -0.4 is 5.32 Å². The van der Waals surface area contributed by atoms with Gasteiger partial charge in [0, 0.05) is 31.2 Å². The van der Waals surface area contributed by atoms with Crippen LogP contribution in [0.5, 0.6) is 0 Å². The molecule has 0 aliphatic carbocycles. The zero-order valence-electron chi connectivity index (χ0n) is 12.7. The molecule has 0 radical (unpaired) electrons. The molecule has 1 aliphatic heterocycles. The van der Waals surface area contributed by atoms with Gasteiger partial charge < -0.3 is 10.2 Å². The fraction of sp³-hybridized carbons (Fsp3) is 0.278. The van der Waals surface area contributed by atoms with Gasteiger partial charge in [-0.3, -0.25) is 4.79 Å². The quantitative estimate of drug-likeness (QED) is 0.922. The van der Waals surface area contributed by atoms with Crippen molar-refractivity contribution >= 4 is 18.3 Å². The molecule has 1 heterocycles. The molecule has 2 aromatic carbocycles. The van der Waals surface area contributed by atoms with Crippen LogP contribution in [0.3, 0.4) is 0 Å². The van der Waals surface area contributed by atoms with Crippen molar-refractivity contribution in [2.75, 3.05) is 19.6 Å². The maximum atomic E-state index is 12.5. The molecule has 0 aromatic heterocycles. The first-order valence-corrected chi connectivity index (χ1v) is 7.42. The minimum absolute atomic E-state index is 0. The summed E-state index contributed by atoms with van der Waals surface area (Å²) in [6.07, 6.45) is 0. The molecular formula is C18H21ClN2O. The van der Waals surface area contributed by atoms with Crippen LogP contribution in [0.4, 0.5) is 0 Å². The van der Waals surface area contributed by atoms with Crippen molar-refractivity contribution in [1.82, 2.24) is 10.2 Å². The third kappa shape index (κ3) is 3.67. The monoisotopic (exact) mass is 316 g/mol. The Bertz CT molecular complexity index is 613. The maximum Gasteiger partial charge on any atom is 0.253 e. The van der Waals surface area contributed by atoms with Crippen LogP contribution in [-0.2, 0) is 0 Å². The topological polar surface area (TPSA) is 32.3 Å². The van der Waals surface area contributed by atoms with E-state index in [2.05, 4.69) is 24.4 Å². The van der Waals surface area contributed by atoms with Crippen LogP contribution in [0.2, 0.25) is 0 Å². The highest BCUT2D eigenvalue weighted by atomic mass is 35.5. The summed E-state index contributed by atoms with van der Waals surface area (Å²) in [6, 6.07) is 18.5. The molecule has 1 N–H and O–H groups in total. The highest BCUT2D eigenvalue weighted by Gasteiger charge is 2.21. The lowest BCUT2D eigenvalue weighted by atomic mass is 10.0. The van der Waals surface area contributed by atoms with Gasteiger partial charge in [0.15, 0.2) is 0 Å². The van der Waals surface area contributed by atoms with Gasteiger partial charge in [0.1, 0.15) is 0 Å². The van der Waals surface area contributed by atoms with Gasteiger partial charge in [0.2, 0.25) is 0 Å². The Kier molecular flexibility index (Phi) is 5.58. The molecule has 1 unspecified atom stereocenters. The summed E-state index contributed by atoms with van der Waals surface area (Å²) < 4.78 is 0. The van der Waals surface area contributed by atoms with E-state index in [1.54, 1.807) is 0 Å². The normalized spacial score (nSPS) is 17.7. The number of nitrogens with one attached hydrogen (secondary N) is 1. The summed E-state index contributed by atoms with van der Waals surface area (Å²) in [5.74, 6) is 0.128. The molecule has 1 fully saturated rings. The number of benzene rings is 2. The number of carbonyl (C=O) groups is 1. The van der Waals surface area contributed by atoms with Gasteiger partial charge in [-0.2, -0.15) is 0 Å². The van der Waals surface area contributed by atoms with Gasteiger partial charge in [-0.25, -0.2) is 0 Å². The molecule has 3 nitrogen and oxygen atoms in total. The number of piperazine rings is 1. The Labute approximate surface area is 137 Å². The summed E-state index contributed by atoms with van der Waals surface area (Å²) >= 11 is 0. The molecule has 4 heteroatoms. The van der Waals surface area contributed by atoms with Gasteiger partial charge in [0.25, 0.3) is 5.91 Å². The molecule has 2 aromatic rings. The molecule has 1 saturated heterocycles. The minimum atomic E-state index is 0. The lowest BCUT2D eigenvalue weighted by Crippen LogP contribution is -2.51. The molecule has 0 saturated carbocycles. The fourth-order valence-electron chi connectivity index (χ4n) is 2.74. The van der Waals surface area contributed by atoms with Crippen LogP contribution in [-0.4, -0.2) is 36.5 Å². The zero-order chi connectivity index (χ0) is 14.7. The largest absolute Gasteiger partial charge is 0.336 e. The standard InChI is InChI=1S/C18H20N2O.ClH/c1-14-13-20(12-11-19-14)18(21)17-9-7-16(8-10-17)15-5-3-2-4-6-15;/h2-10,14,19H,11-13H2,1H3;1H. The smallest absolute Gasteiger partial charge is 0.253 e. The average Bonchev–Trinajstić information content (AvgIpc) is 2.55. The molecule has 1 amide bonds. The van der Waals surface area contributed by atoms with Crippen molar-refractivity contribution in [3.8, 4) is 11.1 Å². The minimum Gasteiger partial charge on any atom is -0.336 e.